The monoisotopic (exact) mass is 739 g/mol. The van der Waals surface area contributed by atoms with Crippen LogP contribution in [0.5, 0.6) is 28.7 Å². The largest absolute Gasteiger partial charge is 0.493 e. The van der Waals surface area contributed by atoms with Crippen LogP contribution in [0.25, 0.3) is 22.0 Å². The highest BCUT2D eigenvalue weighted by molar-refractivity contribution is 14.1. The van der Waals surface area contributed by atoms with Gasteiger partial charge in [-0.25, -0.2) is 10.2 Å². The second-order valence-corrected chi connectivity index (χ2v) is 11.1. The smallest absolute Gasteiger partial charge is 0.343 e. The number of nitrogens with one attached hydrogen (secondary N) is 2. The Kier molecular flexibility index (Phi) is 9.79. The van der Waals surface area contributed by atoms with Gasteiger partial charge in [0.25, 0.3) is 5.91 Å². The van der Waals surface area contributed by atoms with Crippen LogP contribution in [0.3, 0.4) is 0 Å². The molecular weight excluding hydrogens is 713 g/mol. The number of carbonyl (C=O) groups excluding carboxylic acids is 2. The molecular formula is C33H27ClIN3O7. The SMILES string of the molecule is COc1cc(C=NNC(=O)c2[nH]c3ccc(I)cc3c2-c2ccccc2Cl)ccc1OC(=O)c1cc(OC)c(OC)c(OC)c1. The first-order chi connectivity index (χ1) is 21.8. The fourth-order valence-electron chi connectivity index (χ4n) is 4.71. The number of methoxy groups -OCH3 is 4. The molecule has 5 rings (SSSR count). The number of rotatable bonds is 10. The van der Waals surface area contributed by atoms with E-state index in [-0.39, 0.29) is 17.1 Å². The summed E-state index contributed by atoms with van der Waals surface area (Å²) in [7, 11) is 5.83. The lowest BCUT2D eigenvalue weighted by Crippen LogP contribution is -2.19. The summed E-state index contributed by atoms with van der Waals surface area (Å²) in [6.07, 6.45) is 1.45. The summed E-state index contributed by atoms with van der Waals surface area (Å²) in [6, 6.07) is 21.0. The number of ether oxygens (including phenoxy) is 5. The van der Waals surface area contributed by atoms with E-state index in [2.05, 4.69) is 38.1 Å². The standard InChI is InChI=1S/C33H27ClIN3O7/c1-41-26-13-18(9-12-25(26)45-33(40)19-14-27(42-2)31(44-4)28(15-19)43-3)17-36-38-32(39)30-29(21-7-5-6-8-23(21)34)22-16-20(35)10-11-24(22)37-30/h5-17,37H,1-4H3,(H,38,39). The van der Waals surface area contributed by atoms with Gasteiger partial charge in [-0.2, -0.15) is 5.10 Å². The Morgan fingerprint density at radius 3 is 2.22 bits per heavy atom. The third-order valence-electron chi connectivity index (χ3n) is 6.80. The highest BCUT2D eigenvalue weighted by Gasteiger charge is 2.22. The maximum Gasteiger partial charge on any atom is 0.343 e. The van der Waals surface area contributed by atoms with Crippen LogP contribution < -0.4 is 29.1 Å². The van der Waals surface area contributed by atoms with Gasteiger partial charge in [0.2, 0.25) is 5.75 Å². The molecule has 1 aromatic heterocycles. The molecule has 5 aromatic rings. The van der Waals surface area contributed by atoms with E-state index in [1.54, 1.807) is 24.3 Å². The Balaban J connectivity index is 1.36. The summed E-state index contributed by atoms with van der Waals surface area (Å²) in [5.74, 6) is 0.311. The number of H-pyrrole nitrogens is 1. The van der Waals surface area contributed by atoms with E-state index in [1.165, 1.54) is 46.8 Å². The summed E-state index contributed by atoms with van der Waals surface area (Å²) in [6.45, 7) is 0. The molecule has 230 valence electrons. The summed E-state index contributed by atoms with van der Waals surface area (Å²) in [4.78, 5) is 29.6. The van der Waals surface area contributed by atoms with Gasteiger partial charge in [-0.1, -0.05) is 29.8 Å². The normalized spacial score (nSPS) is 11.0. The van der Waals surface area contributed by atoms with E-state index in [0.717, 1.165) is 20.0 Å². The minimum Gasteiger partial charge on any atom is -0.493 e. The van der Waals surface area contributed by atoms with Crippen LogP contribution in [0, 0.1) is 3.57 Å². The molecule has 0 saturated carbocycles. The number of hydrogen-bond acceptors (Lipinski definition) is 8. The zero-order chi connectivity index (χ0) is 32.1. The lowest BCUT2D eigenvalue weighted by Gasteiger charge is -2.14. The molecule has 0 spiro atoms. The molecule has 1 heterocycles. The van der Waals surface area contributed by atoms with Crippen molar-refractivity contribution in [2.24, 2.45) is 5.10 Å². The number of aromatic amines is 1. The van der Waals surface area contributed by atoms with Gasteiger partial charge in [0.1, 0.15) is 5.69 Å². The van der Waals surface area contributed by atoms with Gasteiger partial charge in [-0.3, -0.25) is 4.79 Å². The maximum atomic E-state index is 13.4. The Morgan fingerprint density at radius 1 is 0.844 bits per heavy atom. The number of benzene rings is 4. The lowest BCUT2D eigenvalue weighted by molar-refractivity contribution is 0.0728. The Morgan fingerprint density at radius 2 is 1.56 bits per heavy atom. The van der Waals surface area contributed by atoms with Crippen LogP contribution in [0.1, 0.15) is 26.4 Å². The Bertz CT molecular complexity index is 1910. The van der Waals surface area contributed by atoms with Crippen molar-refractivity contribution in [2.75, 3.05) is 28.4 Å². The molecule has 4 aromatic carbocycles. The summed E-state index contributed by atoms with van der Waals surface area (Å²) < 4.78 is 28.0. The summed E-state index contributed by atoms with van der Waals surface area (Å²) in [5.41, 5.74) is 5.87. The number of carbonyl (C=O) groups is 2. The van der Waals surface area contributed by atoms with Gasteiger partial charge >= 0.3 is 5.97 Å². The van der Waals surface area contributed by atoms with Gasteiger partial charge in [0, 0.05) is 30.6 Å². The minimum absolute atomic E-state index is 0.175. The molecule has 0 aliphatic carbocycles. The topological polar surface area (TPSA) is 120 Å². The lowest BCUT2D eigenvalue weighted by atomic mass is 10.0. The van der Waals surface area contributed by atoms with E-state index in [4.69, 9.17) is 35.3 Å². The maximum absolute atomic E-state index is 13.4. The fraction of sp³-hybridized carbons (Fsp3) is 0.121. The summed E-state index contributed by atoms with van der Waals surface area (Å²) >= 11 is 8.76. The molecule has 0 atom stereocenters. The second kappa shape index (κ2) is 13.9. The predicted molar refractivity (Wildman–Crippen MR) is 181 cm³/mol. The van der Waals surface area contributed by atoms with Crippen LogP contribution >= 0.6 is 34.2 Å². The minimum atomic E-state index is -0.663. The molecule has 0 aliphatic rings. The van der Waals surface area contributed by atoms with Crippen LogP contribution in [-0.4, -0.2) is 51.5 Å². The van der Waals surface area contributed by atoms with Crippen molar-refractivity contribution in [1.82, 2.24) is 10.4 Å². The number of hydrazone groups is 1. The average molecular weight is 740 g/mol. The van der Waals surface area contributed by atoms with Crippen LogP contribution in [0.2, 0.25) is 5.02 Å². The number of hydrogen-bond donors (Lipinski definition) is 2. The van der Waals surface area contributed by atoms with Crippen molar-refractivity contribution in [1.29, 1.82) is 0 Å². The van der Waals surface area contributed by atoms with Gasteiger partial charge < -0.3 is 28.7 Å². The molecule has 2 N–H and O–H groups in total. The van der Waals surface area contributed by atoms with Crippen molar-refractivity contribution in [3.63, 3.8) is 0 Å². The fourth-order valence-corrected chi connectivity index (χ4v) is 5.43. The second-order valence-electron chi connectivity index (χ2n) is 9.46. The van der Waals surface area contributed by atoms with Crippen molar-refractivity contribution in [3.05, 3.63) is 98.2 Å². The molecule has 0 radical (unpaired) electrons. The van der Waals surface area contributed by atoms with Gasteiger partial charge in [-0.15, -0.1) is 0 Å². The highest BCUT2D eigenvalue weighted by Crippen LogP contribution is 2.39. The van der Waals surface area contributed by atoms with Crippen molar-refractivity contribution >= 4 is 63.2 Å². The third kappa shape index (κ3) is 6.69. The third-order valence-corrected chi connectivity index (χ3v) is 7.80. The van der Waals surface area contributed by atoms with Crippen LogP contribution in [-0.2, 0) is 0 Å². The average Bonchev–Trinajstić information content (AvgIpc) is 3.43. The Labute approximate surface area is 277 Å². The first kappa shape index (κ1) is 31.7. The van der Waals surface area contributed by atoms with E-state index < -0.39 is 11.9 Å². The van der Waals surface area contributed by atoms with Crippen LogP contribution in [0.4, 0.5) is 0 Å². The number of esters is 1. The van der Waals surface area contributed by atoms with E-state index in [9.17, 15) is 9.59 Å². The van der Waals surface area contributed by atoms with Crippen molar-refractivity contribution < 1.29 is 33.3 Å². The molecule has 0 fully saturated rings. The van der Waals surface area contributed by atoms with Gasteiger partial charge in [-0.05, 0) is 82.8 Å². The van der Waals surface area contributed by atoms with Crippen molar-refractivity contribution in [3.8, 4) is 39.9 Å². The molecule has 0 saturated heterocycles. The molecule has 0 bridgehead atoms. The molecule has 1 amide bonds. The van der Waals surface area contributed by atoms with Gasteiger partial charge in [0.05, 0.1) is 40.2 Å². The highest BCUT2D eigenvalue weighted by atomic mass is 127. The first-order valence-corrected chi connectivity index (χ1v) is 14.8. The van der Waals surface area contributed by atoms with Crippen LogP contribution in [0.15, 0.2) is 77.9 Å². The molecule has 10 nitrogen and oxygen atoms in total. The van der Waals surface area contributed by atoms with Gasteiger partial charge in [0.15, 0.2) is 23.0 Å². The zero-order valence-electron chi connectivity index (χ0n) is 24.6. The molecule has 12 heteroatoms. The number of aromatic nitrogens is 1. The number of nitrogens with zero attached hydrogens (tertiary/aromatic N) is 1. The van der Waals surface area contributed by atoms with E-state index in [1.807, 2.05) is 36.4 Å². The van der Waals surface area contributed by atoms with E-state index >= 15 is 0 Å². The van der Waals surface area contributed by atoms with E-state index in [0.29, 0.717) is 39.1 Å². The molecule has 0 unspecified atom stereocenters. The summed E-state index contributed by atoms with van der Waals surface area (Å²) in [5, 5.41) is 5.54. The number of amides is 1. The predicted octanol–water partition coefficient (Wildman–Crippen LogP) is 7.11. The molecule has 0 aliphatic heterocycles. The number of fused-ring (bicyclic) bond motifs is 1. The quantitative estimate of drug-likeness (QED) is 0.0515. The Hall–Kier alpha value is -4.75. The first-order valence-electron chi connectivity index (χ1n) is 13.4. The van der Waals surface area contributed by atoms with Crippen molar-refractivity contribution in [2.45, 2.75) is 0 Å². The zero-order valence-corrected chi connectivity index (χ0v) is 27.5. The number of halogens is 2. The molecule has 45 heavy (non-hydrogen) atoms.